The zero-order chi connectivity index (χ0) is 13.8. The highest BCUT2D eigenvalue weighted by molar-refractivity contribution is 9.11. The molecule has 20 heavy (non-hydrogen) atoms. The lowest BCUT2D eigenvalue weighted by Gasteiger charge is -2.31. The van der Waals surface area contributed by atoms with Gasteiger partial charge in [-0.15, -0.1) is 23.7 Å². The molecule has 1 fully saturated rings. The molecular formula is C12H17BrClN3O2S. The van der Waals surface area contributed by atoms with Crippen LogP contribution in [-0.4, -0.2) is 48.9 Å². The summed E-state index contributed by atoms with van der Waals surface area (Å²) in [4.78, 5) is 26.2. The summed E-state index contributed by atoms with van der Waals surface area (Å²) in [5.41, 5.74) is 0. The summed E-state index contributed by atoms with van der Waals surface area (Å²) in [5, 5.41) is 5.94. The number of halogens is 2. The molecule has 5 nitrogen and oxygen atoms in total. The average Bonchev–Trinajstić information content (AvgIpc) is 2.82. The predicted octanol–water partition coefficient (Wildman–Crippen LogP) is 1.48. The van der Waals surface area contributed by atoms with Crippen LogP contribution in [0.25, 0.3) is 0 Å². The van der Waals surface area contributed by atoms with Gasteiger partial charge < -0.3 is 15.5 Å². The van der Waals surface area contributed by atoms with Crippen LogP contribution in [0, 0.1) is 0 Å². The number of hydrogen-bond acceptors (Lipinski definition) is 4. The second kappa shape index (κ2) is 7.97. The molecule has 0 unspecified atom stereocenters. The molecule has 1 aromatic heterocycles. The molecule has 1 aliphatic heterocycles. The summed E-state index contributed by atoms with van der Waals surface area (Å²) in [6.45, 7) is 4.30. The topological polar surface area (TPSA) is 61.4 Å². The van der Waals surface area contributed by atoms with E-state index in [0.29, 0.717) is 24.0 Å². The van der Waals surface area contributed by atoms with Gasteiger partial charge in [-0.05, 0) is 35.0 Å². The minimum atomic E-state index is -0.202. The van der Waals surface area contributed by atoms with Crippen LogP contribution in [0.1, 0.15) is 16.6 Å². The fraction of sp³-hybridized carbons (Fsp3) is 0.500. The molecule has 0 bridgehead atoms. The number of piperazine rings is 1. The highest BCUT2D eigenvalue weighted by Crippen LogP contribution is 2.21. The SMILES string of the molecule is C[C@@H]1CN(C(=O)CNC(=O)c2ccc(Br)s2)CCN1.Cl. The highest BCUT2D eigenvalue weighted by atomic mass is 79.9. The maximum Gasteiger partial charge on any atom is 0.261 e. The summed E-state index contributed by atoms with van der Waals surface area (Å²) in [6.07, 6.45) is 0. The van der Waals surface area contributed by atoms with Crippen LogP contribution in [0.2, 0.25) is 0 Å². The molecule has 2 heterocycles. The summed E-state index contributed by atoms with van der Waals surface area (Å²) >= 11 is 4.66. The molecule has 2 amide bonds. The van der Waals surface area contributed by atoms with E-state index in [1.54, 1.807) is 11.0 Å². The van der Waals surface area contributed by atoms with E-state index in [4.69, 9.17) is 0 Å². The standard InChI is InChI=1S/C12H16BrN3O2S.ClH/c1-8-7-16(5-4-14-8)11(17)6-15-12(18)9-2-3-10(13)19-9;/h2-3,8,14H,4-7H2,1H3,(H,15,18);1H/t8-;/m1./s1. The molecule has 0 saturated carbocycles. The normalized spacial score (nSPS) is 18.3. The van der Waals surface area contributed by atoms with Crippen LogP contribution >= 0.6 is 39.7 Å². The van der Waals surface area contributed by atoms with Crippen molar-refractivity contribution in [1.82, 2.24) is 15.5 Å². The van der Waals surface area contributed by atoms with E-state index >= 15 is 0 Å². The van der Waals surface area contributed by atoms with E-state index in [9.17, 15) is 9.59 Å². The largest absolute Gasteiger partial charge is 0.342 e. The Hall–Kier alpha value is -0.630. The number of hydrogen-bond donors (Lipinski definition) is 2. The molecule has 1 saturated heterocycles. The smallest absolute Gasteiger partial charge is 0.261 e. The van der Waals surface area contributed by atoms with Crippen molar-refractivity contribution in [2.45, 2.75) is 13.0 Å². The van der Waals surface area contributed by atoms with Gasteiger partial charge in [0.2, 0.25) is 5.91 Å². The Morgan fingerprint density at radius 3 is 2.90 bits per heavy atom. The third-order valence-electron chi connectivity index (χ3n) is 2.92. The second-order valence-corrected chi connectivity index (χ2v) is 6.94. The Morgan fingerprint density at radius 2 is 2.30 bits per heavy atom. The third kappa shape index (κ3) is 4.73. The maximum absolute atomic E-state index is 12.0. The fourth-order valence-corrected chi connectivity index (χ4v) is 3.25. The first-order valence-electron chi connectivity index (χ1n) is 6.11. The lowest BCUT2D eigenvalue weighted by Crippen LogP contribution is -2.53. The molecule has 2 N–H and O–H groups in total. The summed E-state index contributed by atoms with van der Waals surface area (Å²) in [6, 6.07) is 3.86. The van der Waals surface area contributed by atoms with E-state index in [1.807, 2.05) is 13.0 Å². The van der Waals surface area contributed by atoms with Gasteiger partial charge >= 0.3 is 0 Å². The molecule has 0 spiro atoms. The Labute approximate surface area is 136 Å². The Bertz CT molecular complexity index is 483. The number of nitrogens with one attached hydrogen (secondary N) is 2. The quantitative estimate of drug-likeness (QED) is 0.832. The third-order valence-corrected chi connectivity index (χ3v) is 4.54. The van der Waals surface area contributed by atoms with Gasteiger partial charge in [0.05, 0.1) is 15.2 Å². The second-order valence-electron chi connectivity index (χ2n) is 4.48. The molecule has 0 aliphatic carbocycles. The number of nitrogens with zero attached hydrogens (tertiary/aromatic N) is 1. The van der Waals surface area contributed by atoms with Crippen LogP contribution in [-0.2, 0) is 4.79 Å². The lowest BCUT2D eigenvalue weighted by atomic mass is 10.2. The molecule has 0 aromatic carbocycles. The van der Waals surface area contributed by atoms with Crippen molar-refractivity contribution in [2.24, 2.45) is 0 Å². The van der Waals surface area contributed by atoms with Crippen molar-refractivity contribution < 1.29 is 9.59 Å². The Balaban J connectivity index is 0.00000200. The van der Waals surface area contributed by atoms with Crippen LogP contribution in [0.3, 0.4) is 0 Å². The van der Waals surface area contributed by atoms with E-state index in [2.05, 4.69) is 26.6 Å². The van der Waals surface area contributed by atoms with Gasteiger partial charge in [-0.25, -0.2) is 0 Å². The molecule has 1 atom stereocenters. The number of carbonyl (C=O) groups is 2. The minimum absolute atomic E-state index is 0. The van der Waals surface area contributed by atoms with Crippen molar-refractivity contribution in [3.05, 3.63) is 20.8 Å². The van der Waals surface area contributed by atoms with Crippen molar-refractivity contribution in [1.29, 1.82) is 0 Å². The molecular weight excluding hydrogens is 366 g/mol. The van der Waals surface area contributed by atoms with Gasteiger partial charge in [0.25, 0.3) is 5.91 Å². The van der Waals surface area contributed by atoms with Gasteiger partial charge in [-0.3, -0.25) is 9.59 Å². The zero-order valence-corrected chi connectivity index (χ0v) is 14.2. The van der Waals surface area contributed by atoms with Crippen molar-refractivity contribution in [3.63, 3.8) is 0 Å². The Kier molecular flexibility index (Phi) is 6.94. The zero-order valence-electron chi connectivity index (χ0n) is 11.0. The maximum atomic E-state index is 12.0. The van der Waals surface area contributed by atoms with E-state index in [1.165, 1.54) is 11.3 Å². The van der Waals surface area contributed by atoms with Crippen LogP contribution in [0.4, 0.5) is 0 Å². The number of rotatable bonds is 3. The van der Waals surface area contributed by atoms with Crippen LogP contribution in [0.5, 0.6) is 0 Å². The molecule has 2 rings (SSSR count). The molecule has 0 radical (unpaired) electrons. The molecule has 1 aromatic rings. The molecule has 112 valence electrons. The molecule has 8 heteroatoms. The van der Waals surface area contributed by atoms with E-state index < -0.39 is 0 Å². The predicted molar refractivity (Wildman–Crippen MR) is 85.6 cm³/mol. The number of carbonyl (C=O) groups excluding carboxylic acids is 2. The van der Waals surface area contributed by atoms with Crippen LogP contribution in [0.15, 0.2) is 15.9 Å². The summed E-state index contributed by atoms with van der Waals surface area (Å²) in [5.74, 6) is -0.232. The van der Waals surface area contributed by atoms with Crippen molar-refractivity contribution in [2.75, 3.05) is 26.2 Å². The highest BCUT2D eigenvalue weighted by Gasteiger charge is 2.20. The number of amides is 2. The summed E-state index contributed by atoms with van der Waals surface area (Å²) in [7, 11) is 0. The van der Waals surface area contributed by atoms with Gasteiger partial charge in [-0.1, -0.05) is 0 Å². The minimum Gasteiger partial charge on any atom is -0.342 e. The monoisotopic (exact) mass is 381 g/mol. The van der Waals surface area contributed by atoms with E-state index in [-0.39, 0.29) is 30.8 Å². The molecule has 1 aliphatic rings. The van der Waals surface area contributed by atoms with Gasteiger partial charge in [0, 0.05) is 25.7 Å². The number of thiophene rings is 1. The van der Waals surface area contributed by atoms with Crippen molar-refractivity contribution in [3.8, 4) is 0 Å². The summed E-state index contributed by atoms with van der Waals surface area (Å²) < 4.78 is 0.903. The van der Waals surface area contributed by atoms with Crippen LogP contribution < -0.4 is 10.6 Å². The first kappa shape index (κ1) is 17.4. The van der Waals surface area contributed by atoms with E-state index in [0.717, 1.165) is 10.3 Å². The fourth-order valence-electron chi connectivity index (χ4n) is 1.95. The van der Waals surface area contributed by atoms with Gasteiger partial charge in [0.1, 0.15) is 0 Å². The Morgan fingerprint density at radius 1 is 1.55 bits per heavy atom. The average molecular weight is 383 g/mol. The van der Waals surface area contributed by atoms with Gasteiger partial charge in [-0.2, -0.15) is 0 Å². The van der Waals surface area contributed by atoms with Gasteiger partial charge in [0.15, 0.2) is 0 Å². The van der Waals surface area contributed by atoms with Crippen molar-refractivity contribution >= 4 is 51.5 Å². The lowest BCUT2D eigenvalue weighted by molar-refractivity contribution is -0.131. The first-order valence-corrected chi connectivity index (χ1v) is 7.72. The first-order chi connectivity index (χ1) is 9.06.